The SMILES string of the molecule is CN=C(NCc1ccc(N(C)C)cc1)NCc1ccc(C)cc1SC. The Morgan fingerprint density at radius 1 is 1.04 bits per heavy atom. The minimum Gasteiger partial charge on any atom is -0.378 e. The van der Waals surface area contributed by atoms with E-state index < -0.39 is 0 Å². The average Bonchev–Trinajstić information content (AvgIpc) is 2.63. The molecule has 0 atom stereocenters. The fourth-order valence-corrected chi connectivity index (χ4v) is 3.20. The molecule has 0 aliphatic heterocycles. The van der Waals surface area contributed by atoms with Crippen LogP contribution in [-0.2, 0) is 13.1 Å². The Morgan fingerprint density at radius 3 is 2.32 bits per heavy atom. The van der Waals surface area contributed by atoms with E-state index in [2.05, 4.69) is 76.2 Å². The van der Waals surface area contributed by atoms with Gasteiger partial charge in [-0.2, -0.15) is 0 Å². The largest absolute Gasteiger partial charge is 0.378 e. The van der Waals surface area contributed by atoms with Crippen molar-refractivity contribution < 1.29 is 0 Å². The number of rotatable bonds is 6. The lowest BCUT2D eigenvalue weighted by Crippen LogP contribution is -2.36. The molecule has 134 valence electrons. The molecular weight excluding hydrogens is 328 g/mol. The zero-order chi connectivity index (χ0) is 18.2. The highest BCUT2D eigenvalue weighted by Gasteiger charge is 2.04. The highest BCUT2D eigenvalue weighted by Crippen LogP contribution is 2.21. The van der Waals surface area contributed by atoms with E-state index in [4.69, 9.17) is 0 Å². The smallest absolute Gasteiger partial charge is 0.191 e. The van der Waals surface area contributed by atoms with Gasteiger partial charge in [0.25, 0.3) is 0 Å². The van der Waals surface area contributed by atoms with Crippen molar-refractivity contribution in [3.8, 4) is 0 Å². The molecule has 5 heteroatoms. The maximum Gasteiger partial charge on any atom is 0.191 e. The van der Waals surface area contributed by atoms with Crippen LogP contribution >= 0.6 is 11.8 Å². The van der Waals surface area contributed by atoms with Crippen LogP contribution in [0.2, 0.25) is 0 Å². The molecule has 0 heterocycles. The van der Waals surface area contributed by atoms with Crippen molar-refractivity contribution >= 4 is 23.4 Å². The number of anilines is 1. The molecule has 0 aromatic heterocycles. The average molecular weight is 357 g/mol. The summed E-state index contributed by atoms with van der Waals surface area (Å²) in [6, 6.07) is 15.1. The van der Waals surface area contributed by atoms with E-state index in [1.165, 1.54) is 27.3 Å². The lowest BCUT2D eigenvalue weighted by Gasteiger charge is -2.15. The van der Waals surface area contributed by atoms with Crippen LogP contribution in [0.3, 0.4) is 0 Å². The third kappa shape index (κ3) is 5.71. The van der Waals surface area contributed by atoms with Crippen LogP contribution < -0.4 is 15.5 Å². The number of hydrogen-bond acceptors (Lipinski definition) is 3. The Labute approximate surface area is 155 Å². The van der Waals surface area contributed by atoms with Crippen LogP contribution in [0, 0.1) is 6.92 Å². The minimum absolute atomic E-state index is 0.747. The van der Waals surface area contributed by atoms with Crippen LogP contribution in [0.25, 0.3) is 0 Å². The lowest BCUT2D eigenvalue weighted by atomic mass is 10.1. The molecule has 4 nitrogen and oxygen atoms in total. The second kappa shape index (κ2) is 9.37. The summed E-state index contributed by atoms with van der Waals surface area (Å²) < 4.78 is 0. The molecule has 0 saturated heterocycles. The number of aryl methyl sites for hydroxylation is 1. The Hall–Kier alpha value is -2.14. The number of guanidine groups is 1. The zero-order valence-electron chi connectivity index (χ0n) is 15.8. The monoisotopic (exact) mass is 356 g/mol. The van der Waals surface area contributed by atoms with Crippen LogP contribution in [-0.4, -0.2) is 33.4 Å². The molecule has 2 N–H and O–H groups in total. The molecule has 0 amide bonds. The molecule has 25 heavy (non-hydrogen) atoms. The van der Waals surface area contributed by atoms with Crippen molar-refractivity contribution in [3.05, 3.63) is 59.2 Å². The zero-order valence-corrected chi connectivity index (χ0v) is 16.6. The van der Waals surface area contributed by atoms with Crippen LogP contribution in [0.15, 0.2) is 52.4 Å². The van der Waals surface area contributed by atoms with Crippen molar-refractivity contribution in [2.75, 3.05) is 32.3 Å². The highest BCUT2D eigenvalue weighted by molar-refractivity contribution is 7.98. The van der Waals surface area contributed by atoms with Crippen molar-refractivity contribution in [1.82, 2.24) is 10.6 Å². The van der Waals surface area contributed by atoms with Gasteiger partial charge >= 0.3 is 0 Å². The van der Waals surface area contributed by atoms with Gasteiger partial charge in [-0.3, -0.25) is 4.99 Å². The quantitative estimate of drug-likeness (QED) is 0.471. The van der Waals surface area contributed by atoms with E-state index in [9.17, 15) is 0 Å². The second-order valence-electron chi connectivity index (χ2n) is 6.16. The third-order valence-corrected chi connectivity index (χ3v) is 4.85. The Bertz CT molecular complexity index is 708. The summed E-state index contributed by atoms with van der Waals surface area (Å²) in [6.07, 6.45) is 2.11. The standard InChI is InChI=1S/C20H28N4S/c1-15-6-9-17(19(12-15)25-5)14-23-20(21-2)22-13-16-7-10-18(11-8-16)24(3)4/h6-12H,13-14H2,1-5H3,(H2,21,22,23). The van der Waals surface area contributed by atoms with Gasteiger partial charge in [-0.05, 0) is 48.1 Å². The van der Waals surface area contributed by atoms with Gasteiger partial charge in [-0.15, -0.1) is 11.8 Å². The van der Waals surface area contributed by atoms with Crippen molar-refractivity contribution in [3.63, 3.8) is 0 Å². The van der Waals surface area contributed by atoms with Gasteiger partial charge in [-0.1, -0.05) is 24.3 Å². The molecule has 0 spiro atoms. The van der Waals surface area contributed by atoms with Crippen LogP contribution in [0.1, 0.15) is 16.7 Å². The van der Waals surface area contributed by atoms with Gasteiger partial charge in [0.2, 0.25) is 0 Å². The fourth-order valence-electron chi connectivity index (χ4n) is 2.50. The first-order chi connectivity index (χ1) is 12.0. The van der Waals surface area contributed by atoms with Gasteiger partial charge in [0.15, 0.2) is 5.96 Å². The fraction of sp³-hybridized carbons (Fsp3) is 0.350. The summed E-state index contributed by atoms with van der Waals surface area (Å²) in [5.74, 6) is 0.810. The maximum absolute atomic E-state index is 4.32. The van der Waals surface area contributed by atoms with E-state index >= 15 is 0 Å². The van der Waals surface area contributed by atoms with Crippen molar-refractivity contribution in [1.29, 1.82) is 0 Å². The van der Waals surface area contributed by atoms with Gasteiger partial charge < -0.3 is 15.5 Å². The first-order valence-electron chi connectivity index (χ1n) is 8.37. The molecule has 0 unspecified atom stereocenters. The minimum atomic E-state index is 0.747. The molecule has 0 fully saturated rings. The Kier molecular flexibility index (Phi) is 7.19. The third-order valence-electron chi connectivity index (χ3n) is 4.03. The first kappa shape index (κ1) is 19.2. The van der Waals surface area contributed by atoms with Gasteiger partial charge in [0.05, 0.1) is 0 Å². The summed E-state index contributed by atoms with van der Waals surface area (Å²) >= 11 is 1.78. The summed E-state index contributed by atoms with van der Waals surface area (Å²) in [5.41, 5.74) is 5.01. The molecule has 0 bridgehead atoms. The molecule has 0 aliphatic carbocycles. The highest BCUT2D eigenvalue weighted by atomic mass is 32.2. The number of nitrogens with one attached hydrogen (secondary N) is 2. The van der Waals surface area contributed by atoms with Gasteiger partial charge in [0, 0.05) is 44.8 Å². The molecule has 2 aromatic rings. The van der Waals surface area contributed by atoms with E-state index in [1.807, 2.05) is 14.1 Å². The van der Waals surface area contributed by atoms with E-state index in [0.717, 1.165) is 19.0 Å². The second-order valence-corrected chi connectivity index (χ2v) is 7.00. The Balaban J connectivity index is 1.91. The van der Waals surface area contributed by atoms with E-state index in [1.54, 1.807) is 18.8 Å². The van der Waals surface area contributed by atoms with Crippen LogP contribution in [0.5, 0.6) is 0 Å². The molecule has 0 saturated carbocycles. The molecular formula is C20H28N4S. The maximum atomic E-state index is 4.32. The summed E-state index contributed by atoms with van der Waals surface area (Å²) in [7, 11) is 5.90. The van der Waals surface area contributed by atoms with Crippen molar-refractivity contribution in [2.24, 2.45) is 4.99 Å². The van der Waals surface area contributed by atoms with Gasteiger partial charge in [0.1, 0.15) is 0 Å². The van der Waals surface area contributed by atoms with Gasteiger partial charge in [-0.25, -0.2) is 0 Å². The summed E-state index contributed by atoms with van der Waals surface area (Å²) in [6.45, 7) is 3.63. The number of aliphatic imine (C=N–C) groups is 1. The predicted molar refractivity (Wildman–Crippen MR) is 111 cm³/mol. The number of nitrogens with zero attached hydrogens (tertiary/aromatic N) is 2. The van der Waals surface area contributed by atoms with Crippen LogP contribution in [0.4, 0.5) is 5.69 Å². The number of benzene rings is 2. The normalized spacial score (nSPS) is 11.3. The molecule has 2 aromatic carbocycles. The Morgan fingerprint density at radius 2 is 1.72 bits per heavy atom. The molecule has 2 rings (SSSR count). The summed E-state index contributed by atoms with van der Waals surface area (Å²) in [4.78, 5) is 7.72. The molecule has 0 aliphatic rings. The van der Waals surface area contributed by atoms with E-state index in [0.29, 0.717) is 0 Å². The topological polar surface area (TPSA) is 39.7 Å². The summed E-state index contributed by atoms with van der Waals surface area (Å²) in [5, 5.41) is 6.77. The molecule has 0 radical (unpaired) electrons. The first-order valence-corrected chi connectivity index (χ1v) is 9.60. The van der Waals surface area contributed by atoms with E-state index in [-0.39, 0.29) is 0 Å². The predicted octanol–water partition coefficient (Wildman–Crippen LogP) is 3.65. The number of thioether (sulfide) groups is 1. The lowest BCUT2D eigenvalue weighted by molar-refractivity contribution is 0.801. The van der Waals surface area contributed by atoms with Crippen molar-refractivity contribution in [2.45, 2.75) is 24.9 Å². The number of hydrogen-bond donors (Lipinski definition) is 2.